The zero-order chi connectivity index (χ0) is 13.5. The Kier molecular flexibility index (Phi) is 2.78. The normalized spacial score (nSPS) is 16.9. The van der Waals surface area contributed by atoms with E-state index in [0.29, 0.717) is 6.54 Å². The molecule has 1 aliphatic rings. The van der Waals surface area contributed by atoms with Crippen LogP contribution in [0.1, 0.15) is 18.4 Å². The van der Waals surface area contributed by atoms with Crippen LogP contribution in [0.25, 0.3) is 11.0 Å². The van der Waals surface area contributed by atoms with Gasteiger partial charge in [-0.2, -0.15) is 0 Å². The zero-order valence-electron chi connectivity index (χ0n) is 10.9. The summed E-state index contributed by atoms with van der Waals surface area (Å²) in [4.78, 5) is 20.5. The van der Waals surface area contributed by atoms with Crippen LogP contribution in [0.15, 0.2) is 24.5 Å². The number of aromatic nitrogens is 2. The summed E-state index contributed by atoms with van der Waals surface area (Å²) < 4.78 is 0. The van der Waals surface area contributed by atoms with Gasteiger partial charge >= 0.3 is 5.97 Å². The van der Waals surface area contributed by atoms with Gasteiger partial charge in [-0.25, -0.2) is 4.98 Å². The lowest BCUT2D eigenvalue weighted by Gasteiger charge is -2.20. The van der Waals surface area contributed by atoms with Crippen molar-refractivity contribution in [2.75, 3.05) is 13.6 Å². The smallest absolute Gasteiger partial charge is 0.310 e. The van der Waals surface area contributed by atoms with Crippen LogP contribution in [-0.4, -0.2) is 39.5 Å². The van der Waals surface area contributed by atoms with Gasteiger partial charge in [0.15, 0.2) is 0 Å². The van der Waals surface area contributed by atoms with Crippen LogP contribution in [0.4, 0.5) is 0 Å². The van der Waals surface area contributed by atoms with Gasteiger partial charge in [-0.3, -0.25) is 4.79 Å². The number of hydrogen-bond acceptors (Lipinski definition) is 3. The van der Waals surface area contributed by atoms with Gasteiger partial charge in [-0.1, -0.05) is 6.07 Å². The van der Waals surface area contributed by atoms with E-state index in [1.54, 1.807) is 6.33 Å². The zero-order valence-corrected chi connectivity index (χ0v) is 10.9. The number of aromatic amines is 1. The molecule has 5 nitrogen and oxygen atoms in total. The first-order valence-corrected chi connectivity index (χ1v) is 6.43. The minimum Gasteiger partial charge on any atom is -0.481 e. The first kappa shape index (κ1) is 12.2. The molecule has 3 rings (SSSR count). The van der Waals surface area contributed by atoms with Gasteiger partial charge < -0.3 is 15.0 Å². The Bertz CT molecular complexity index is 616. The number of hydrogen-bond donors (Lipinski definition) is 2. The van der Waals surface area contributed by atoms with Gasteiger partial charge in [0, 0.05) is 13.1 Å². The second kappa shape index (κ2) is 4.35. The lowest BCUT2D eigenvalue weighted by molar-refractivity contribution is -0.144. The molecule has 0 amide bonds. The molecule has 0 unspecified atom stereocenters. The molecule has 1 aliphatic carbocycles. The van der Waals surface area contributed by atoms with Crippen molar-refractivity contribution in [1.29, 1.82) is 0 Å². The Morgan fingerprint density at radius 3 is 3.00 bits per heavy atom. The molecule has 1 heterocycles. The molecule has 1 aromatic heterocycles. The Hall–Kier alpha value is -1.88. The summed E-state index contributed by atoms with van der Waals surface area (Å²) in [6, 6.07) is 6.10. The first-order chi connectivity index (χ1) is 9.09. The number of H-pyrrole nitrogens is 1. The van der Waals surface area contributed by atoms with E-state index in [0.717, 1.165) is 30.4 Å². The van der Waals surface area contributed by atoms with Gasteiger partial charge in [0.05, 0.1) is 22.8 Å². The molecule has 1 aromatic carbocycles. The summed E-state index contributed by atoms with van der Waals surface area (Å²) in [5.74, 6) is -0.664. The van der Waals surface area contributed by atoms with Crippen LogP contribution < -0.4 is 0 Å². The molecule has 0 saturated heterocycles. The van der Waals surface area contributed by atoms with Gasteiger partial charge in [-0.15, -0.1) is 0 Å². The fourth-order valence-electron chi connectivity index (χ4n) is 2.56. The van der Waals surface area contributed by atoms with Gasteiger partial charge in [0.1, 0.15) is 0 Å². The molecule has 0 atom stereocenters. The highest BCUT2D eigenvalue weighted by Crippen LogP contribution is 2.46. The maximum atomic E-state index is 11.2. The topological polar surface area (TPSA) is 69.2 Å². The average Bonchev–Trinajstić information content (AvgIpc) is 2.99. The van der Waals surface area contributed by atoms with E-state index in [1.165, 1.54) is 5.56 Å². The van der Waals surface area contributed by atoms with E-state index in [-0.39, 0.29) is 0 Å². The van der Waals surface area contributed by atoms with Crippen molar-refractivity contribution >= 4 is 17.0 Å². The molecule has 2 N–H and O–H groups in total. The SMILES string of the molecule is CN(Cc1ccc2nc[nH]c2c1)CC1(C(=O)O)CC1. The predicted molar refractivity (Wildman–Crippen MR) is 71.7 cm³/mol. The number of carboxylic acid groups (broad SMARTS) is 1. The van der Waals surface area contributed by atoms with E-state index in [4.69, 9.17) is 0 Å². The molecule has 1 saturated carbocycles. The molecule has 1 fully saturated rings. The number of rotatable bonds is 5. The van der Waals surface area contributed by atoms with E-state index < -0.39 is 11.4 Å². The summed E-state index contributed by atoms with van der Waals surface area (Å²) in [7, 11) is 1.97. The molecular weight excluding hydrogens is 242 g/mol. The molecule has 0 bridgehead atoms. The fourth-order valence-corrected chi connectivity index (χ4v) is 2.56. The monoisotopic (exact) mass is 259 g/mol. The minimum absolute atomic E-state index is 0.493. The number of imidazole rings is 1. The summed E-state index contributed by atoms with van der Waals surface area (Å²) in [5, 5.41) is 9.19. The predicted octanol–water partition coefficient (Wildman–Crippen LogP) is 1.86. The molecule has 0 radical (unpaired) electrons. The minimum atomic E-state index is -0.664. The van der Waals surface area contributed by atoms with Crippen molar-refractivity contribution in [2.24, 2.45) is 5.41 Å². The Balaban J connectivity index is 1.68. The fraction of sp³-hybridized carbons (Fsp3) is 0.429. The first-order valence-electron chi connectivity index (χ1n) is 6.43. The summed E-state index contributed by atoms with van der Waals surface area (Å²) >= 11 is 0. The maximum Gasteiger partial charge on any atom is 0.310 e. The van der Waals surface area contributed by atoms with Crippen molar-refractivity contribution in [2.45, 2.75) is 19.4 Å². The van der Waals surface area contributed by atoms with E-state index in [9.17, 15) is 9.90 Å². The van der Waals surface area contributed by atoms with E-state index in [1.807, 2.05) is 19.2 Å². The highest BCUT2D eigenvalue weighted by atomic mass is 16.4. The number of fused-ring (bicyclic) bond motifs is 1. The molecule has 100 valence electrons. The quantitative estimate of drug-likeness (QED) is 0.860. The van der Waals surface area contributed by atoms with Crippen LogP contribution in [0.2, 0.25) is 0 Å². The summed E-state index contributed by atoms with van der Waals surface area (Å²) in [5.41, 5.74) is 2.65. The highest BCUT2D eigenvalue weighted by molar-refractivity contribution is 5.78. The lowest BCUT2D eigenvalue weighted by atomic mass is 10.1. The van der Waals surface area contributed by atoms with Crippen LogP contribution in [-0.2, 0) is 11.3 Å². The maximum absolute atomic E-state index is 11.2. The van der Waals surface area contributed by atoms with Crippen molar-refractivity contribution < 1.29 is 9.90 Å². The van der Waals surface area contributed by atoms with E-state index in [2.05, 4.69) is 20.9 Å². The second-order valence-electron chi connectivity index (χ2n) is 5.51. The Morgan fingerprint density at radius 2 is 2.32 bits per heavy atom. The van der Waals surface area contributed by atoms with Crippen molar-refractivity contribution in [3.63, 3.8) is 0 Å². The number of aliphatic carboxylic acids is 1. The highest BCUT2D eigenvalue weighted by Gasteiger charge is 2.50. The molecule has 19 heavy (non-hydrogen) atoms. The Labute approximate surface area is 111 Å². The van der Waals surface area contributed by atoms with Gasteiger partial charge in [-0.05, 0) is 37.6 Å². The molecule has 0 spiro atoms. The molecular formula is C14H17N3O2. The molecule has 0 aliphatic heterocycles. The van der Waals surface area contributed by atoms with Crippen LogP contribution in [0.5, 0.6) is 0 Å². The van der Waals surface area contributed by atoms with Crippen molar-refractivity contribution in [3.8, 4) is 0 Å². The summed E-state index contributed by atoms with van der Waals surface area (Å²) in [6.45, 7) is 1.37. The van der Waals surface area contributed by atoms with E-state index >= 15 is 0 Å². The van der Waals surface area contributed by atoms with Gasteiger partial charge in [0.25, 0.3) is 0 Å². The number of carboxylic acids is 1. The number of benzene rings is 1. The second-order valence-corrected chi connectivity index (χ2v) is 5.51. The molecule has 2 aromatic rings. The third-order valence-corrected chi connectivity index (χ3v) is 3.82. The number of nitrogens with one attached hydrogen (secondary N) is 1. The van der Waals surface area contributed by atoms with Crippen molar-refractivity contribution in [1.82, 2.24) is 14.9 Å². The lowest BCUT2D eigenvalue weighted by Crippen LogP contribution is -2.31. The van der Waals surface area contributed by atoms with Crippen LogP contribution >= 0.6 is 0 Å². The average molecular weight is 259 g/mol. The number of nitrogens with zero attached hydrogens (tertiary/aromatic N) is 2. The number of carbonyl (C=O) groups is 1. The van der Waals surface area contributed by atoms with Crippen LogP contribution in [0, 0.1) is 5.41 Å². The Morgan fingerprint density at radius 1 is 1.53 bits per heavy atom. The standard InChI is InChI=1S/C14H17N3O2/c1-17(8-14(4-5-14)13(18)19)7-10-2-3-11-12(6-10)16-9-15-11/h2-3,6,9H,4-5,7-8H2,1H3,(H,15,16)(H,18,19). The third kappa shape index (κ3) is 2.33. The van der Waals surface area contributed by atoms with Gasteiger partial charge in [0.2, 0.25) is 0 Å². The largest absolute Gasteiger partial charge is 0.481 e. The van der Waals surface area contributed by atoms with Crippen molar-refractivity contribution in [3.05, 3.63) is 30.1 Å². The third-order valence-electron chi connectivity index (χ3n) is 3.82. The van der Waals surface area contributed by atoms with Crippen LogP contribution in [0.3, 0.4) is 0 Å². The molecule has 5 heteroatoms. The summed E-state index contributed by atoms with van der Waals surface area (Å²) in [6.07, 6.45) is 3.28.